The van der Waals surface area contributed by atoms with Crippen molar-refractivity contribution in [3.8, 4) is 11.5 Å². The molecule has 0 aromatic heterocycles. The Hall–Kier alpha value is -3.09. The van der Waals surface area contributed by atoms with Gasteiger partial charge in [0.05, 0.1) is 25.7 Å². The van der Waals surface area contributed by atoms with Crippen LogP contribution in [-0.2, 0) is 4.79 Å². The molecule has 0 spiro atoms. The summed E-state index contributed by atoms with van der Waals surface area (Å²) in [6.07, 6.45) is 0. The molecule has 1 heterocycles. The van der Waals surface area contributed by atoms with Crippen molar-refractivity contribution in [2.45, 2.75) is 19.8 Å². The average molecular weight is 429 g/mol. The van der Waals surface area contributed by atoms with E-state index in [0.717, 1.165) is 5.56 Å². The summed E-state index contributed by atoms with van der Waals surface area (Å²) in [5.41, 5.74) is 0.789. The summed E-state index contributed by atoms with van der Waals surface area (Å²) in [5.74, 6) is -0.384. The maximum absolute atomic E-state index is 14.2. The van der Waals surface area contributed by atoms with Gasteiger partial charge in [-0.25, -0.2) is 4.39 Å². The number of methoxy groups -OCH3 is 2. The van der Waals surface area contributed by atoms with Crippen LogP contribution in [0.4, 0.5) is 4.39 Å². The van der Waals surface area contributed by atoms with Crippen molar-refractivity contribution < 1.29 is 23.5 Å². The molecule has 1 aliphatic rings. The summed E-state index contributed by atoms with van der Waals surface area (Å²) in [6, 6.07) is 11.3. The number of benzene rings is 2. The average Bonchev–Trinajstić information content (AvgIpc) is 3.22. The quantitative estimate of drug-likeness (QED) is 0.733. The summed E-state index contributed by atoms with van der Waals surface area (Å²) < 4.78 is 25.1. The number of ether oxygens (including phenoxy) is 2. The van der Waals surface area contributed by atoms with Gasteiger partial charge >= 0.3 is 0 Å². The first-order chi connectivity index (χ1) is 14.8. The van der Waals surface area contributed by atoms with Crippen molar-refractivity contribution in [1.29, 1.82) is 0 Å². The van der Waals surface area contributed by atoms with E-state index < -0.39 is 17.6 Å². The highest BCUT2D eigenvalue weighted by atomic mass is 19.1. The molecular weight excluding hydrogens is 399 g/mol. The number of amides is 2. The lowest BCUT2D eigenvalue weighted by Crippen LogP contribution is -2.37. The topological polar surface area (TPSA) is 67.9 Å². The number of nitrogens with zero attached hydrogens (tertiary/aromatic N) is 1. The fourth-order valence-electron chi connectivity index (χ4n) is 3.92. The molecule has 2 atom stereocenters. The second kappa shape index (κ2) is 9.81. The van der Waals surface area contributed by atoms with Crippen LogP contribution in [-0.4, -0.2) is 50.6 Å². The zero-order valence-electron chi connectivity index (χ0n) is 18.4. The number of likely N-dealkylation sites (tertiary alicyclic amines) is 1. The van der Waals surface area contributed by atoms with Crippen molar-refractivity contribution in [1.82, 2.24) is 10.2 Å². The summed E-state index contributed by atoms with van der Waals surface area (Å²) in [4.78, 5) is 27.7. The van der Waals surface area contributed by atoms with Crippen LogP contribution in [0.25, 0.3) is 0 Å². The minimum atomic E-state index is -0.573. The van der Waals surface area contributed by atoms with E-state index in [4.69, 9.17) is 9.47 Å². The number of rotatable bonds is 7. The van der Waals surface area contributed by atoms with E-state index in [0.29, 0.717) is 24.0 Å². The normalized spacial score (nSPS) is 18.2. The second-order valence-electron chi connectivity index (χ2n) is 8.15. The van der Waals surface area contributed by atoms with Crippen LogP contribution in [0, 0.1) is 17.7 Å². The van der Waals surface area contributed by atoms with E-state index in [1.807, 2.05) is 19.9 Å². The maximum Gasteiger partial charge on any atom is 0.256 e. The van der Waals surface area contributed by atoms with Crippen molar-refractivity contribution in [2.24, 2.45) is 11.8 Å². The fraction of sp³-hybridized carbons (Fsp3) is 0.417. The van der Waals surface area contributed by atoms with E-state index in [1.165, 1.54) is 12.1 Å². The predicted octanol–water partition coefficient (Wildman–Crippen LogP) is 3.47. The zero-order valence-corrected chi connectivity index (χ0v) is 18.4. The highest BCUT2D eigenvalue weighted by Gasteiger charge is 2.42. The first kappa shape index (κ1) is 22.6. The molecule has 3 rings (SSSR count). The van der Waals surface area contributed by atoms with E-state index >= 15 is 0 Å². The third-order valence-electron chi connectivity index (χ3n) is 5.57. The molecule has 31 heavy (non-hydrogen) atoms. The maximum atomic E-state index is 14.2. The molecule has 0 saturated carbocycles. The summed E-state index contributed by atoms with van der Waals surface area (Å²) in [6.45, 7) is 5.05. The standard InChI is InChI=1S/C24H29FN2O4/c1-15(2)12-26-23(28)20-14-27(24(29)17-7-5-6-8-21(17)25)13-19(20)18-11-16(30-3)9-10-22(18)31-4/h5-11,15,19-20H,12-14H2,1-4H3,(H,26,28)/t19-,20-/m1/s1. The van der Waals surface area contributed by atoms with Crippen LogP contribution in [0.5, 0.6) is 11.5 Å². The molecule has 1 aliphatic heterocycles. The Morgan fingerprint density at radius 2 is 1.87 bits per heavy atom. The van der Waals surface area contributed by atoms with Gasteiger partial charge < -0.3 is 19.7 Å². The van der Waals surface area contributed by atoms with Crippen LogP contribution in [0.2, 0.25) is 0 Å². The first-order valence-electron chi connectivity index (χ1n) is 10.4. The molecule has 2 aromatic carbocycles. The zero-order chi connectivity index (χ0) is 22.5. The van der Waals surface area contributed by atoms with Gasteiger partial charge in [-0.2, -0.15) is 0 Å². The van der Waals surface area contributed by atoms with Gasteiger partial charge in [-0.1, -0.05) is 26.0 Å². The van der Waals surface area contributed by atoms with Crippen molar-refractivity contribution in [2.75, 3.05) is 33.9 Å². The molecule has 1 saturated heterocycles. The first-order valence-corrected chi connectivity index (χ1v) is 10.4. The third-order valence-corrected chi connectivity index (χ3v) is 5.57. The Labute approximate surface area is 182 Å². The van der Waals surface area contributed by atoms with E-state index in [1.54, 1.807) is 43.4 Å². The van der Waals surface area contributed by atoms with Gasteiger partial charge in [-0.05, 0) is 36.2 Å². The third kappa shape index (κ3) is 4.98. The minimum Gasteiger partial charge on any atom is -0.497 e. The van der Waals surface area contributed by atoms with E-state index in [9.17, 15) is 14.0 Å². The van der Waals surface area contributed by atoms with Crippen molar-refractivity contribution >= 4 is 11.8 Å². The van der Waals surface area contributed by atoms with Crippen LogP contribution in [0.1, 0.15) is 35.7 Å². The molecule has 1 fully saturated rings. The number of carbonyl (C=O) groups excluding carboxylic acids is 2. The van der Waals surface area contributed by atoms with Gasteiger partial charge in [0, 0.05) is 31.1 Å². The van der Waals surface area contributed by atoms with Gasteiger partial charge in [0.15, 0.2) is 0 Å². The smallest absolute Gasteiger partial charge is 0.256 e. The van der Waals surface area contributed by atoms with Gasteiger partial charge in [0.2, 0.25) is 5.91 Å². The summed E-state index contributed by atoms with van der Waals surface area (Å²) in [7, 11) is 3.14. The lowest BCUT2D eigenvalue weighted by molar-refractivity contribution is -0.125. The SMILES string of the molecule is COc1ccc(OC)c([C@H]2CN(C(=O)c3ccccc3F)C[C@H]2C(=O)NCC(C)C)c1. The van der Waals surface area contributed by atoms with Crippen LogP contribution in [0.3, 0.4) is 0 Å². The molecule has 6 nitrogen and oxygen atoms in total. The predicted molar refractivity (Wildman–Crippen MR) is 116 cm³/mol. The largest absolute Gasteiger partial charge is 0.497 e. The highest BCUT2D eigenvalue weighted by Crippen LogP contribution is 2.40. The van der Waals surface area contributed by atoms with Gasteiger partial charge in [-0.3, -0.25) is 9.59 Å². The van der Waals surface area contributed by atoms with Crippen LogP contribution >= 0.6 is 0 Å². The lowest BCUT2D eigenvalue weighted by Gasteiger charge is -2.21. The van der Waals surface area contributed by atoms with Gasteiger partial charge in [0.25, 0.3) is 5.91 Å². The Bertz CT molecular complexity index is 947. The van der Waals surface area contributed by atoms with E-state index in [2.05, 4.69) is 5.32 Å². The Morgan fingerprint density at radius 1 is 1.13 bits per heavy atom. The molecule has 0 radical (unpaired) electrons. The summed E-state index contributed by atoms with van der Waals surface area (Å²) >= 11 is 0. The van der Waals surface area contributed by atoms with Crippen LogP contribution < -0.4 is 14.8 Å². The lowest BCUT2D eigenvalue weighted by atomic mass is 9.87. The molecule has 2 aromatic rings. The second-order valence-corrected chi connectivity index (χ2v) is 8.15. The molecule has 0 unspecified atom stereocenters. The molecule has 1 N–H and O–H groups in total. The molecular formula is C24H29FN2O4. The fourth-order valence-corrected chi connectivity index (χ4v) is 3.92. The monoisotopic (exact) mass is 428 g/mol. The number of nitrogens with one attached hydrogen (secondary N) is 1. The molecule has 166 valence electrons. The minimum absolute atomic E-state index is 0.00194. The van der Waals surface area contributed by atoms with Crippen LogP contribution in [0.15, 0.2) is 42.5 Å². The molecule has 2 amide bonds. The van der Waals surface area contributed by atoms with Gasteiger partial charge in [0.1, 0.15) is 17.3 Å². The van der Waals surface area contributed by atoms with E-state index in [-0.39, 0.29) is 30.5 Å². The van der Waals surface area contributed by atoms with Gasteiger partial charge in [-0.15, -0.1) is 0 Å². The molecule has 7 heteroatoms. The van der Waals surface area contributed by atoms with Crippen molar-refractivity contribution in [3.05, 3.63) is 59.4 Å². The Kier molecular flexibility index (Phi) is 7.15. The Morgan fingerprint density at radius 3 is 2.52 bits per heavy atom. The number of halogens is 1. The molecule has 0 bridgehead atoms. The number of carbonyl (C=O) groups is 2. The number of hydrogen-bond acceptors (Lipinski definition) is 4. The molecule has 0 aliphatic carbocycles. The number of hydrogen-bond donors (Lipinski definition) is 1. The highest BCUT2D eigenvalue weighted by molar-refractivity contribution is 5.95. The Balaban J connectivity index is 1.95. The van der Waals surface area contributed by atoms with Crippen molar-refractivity contribution in [3.63, 3.8) is 0 Å². The summed E-state index contributed by atoms with van der Waals surface area (Å²) in [5, 5.41) is 2.98.